The lowest BCUT2D eigenvalue weighted by Gasteiger charge is -2.21. The lowest BCUT2D eigenvalue weighted by Crippen LogP contribution is -2.41. The molecule has 132 valence electrons. The van der Waals surface area contributed by atoms with E-state index in [-0.39, 0.29) is 11.5 Å². The molecule has 1 unspecified atom stereocenters. The quantitative estimate of drug-likeness (QED) is 0.232. The van der Waals surface area contributed by atoms with Gasteiger partial charge in [0.1, 0.15) is 6.61 Å². The molecule has 0 bridgehead atoms. The van der Waals surface area contributed by atoms with Gasteiger partial charge in [-0.3, -0.25) is 10.1 Å². The fourth-order valence-corrected chi connectivity index (χ4v) is 2.94. The molecule has 0 saturated heterocycles. The van der Waals surface area contributed by atoms with Crippen LogP contribution in [0.3, 0.4) is 0 Å². The van der Waals surface area contributed by atoms with Gasteiger partial charge in [0, 0.05) is 17.8 Å². The molecule has 0 aliphatic carbocycles. The lowest BCUT2D eigenvalue weighted by molar-refractivity contribution is -0.575. The molecule has 0 heterocycles. The van der Waals surface area contributed by atoms with Gasteiger partial charge in [0.2, 0.25) is 5.54 Å². The fraction of sp³-hybridized carbons (Fsp3) is 1.00. The first kappa shape index (κ1) is 21.4. The van der Waals surface area contributed by atoms with E-state index in [1.807, 2.05) is 0 Å². The molecule has 0 saturated carbocycles. The molecule has 22 heavy (non-hydrogen) atoms. The van der Waals surface area contributed by atoms with Gasteiger partial charge in [-0.05, 0) is 6.42 Å². The monoisotopic (exact) mass is 315 g/mol. The van der Waals surface area contributed by atoms with E-state index in [1.165, 1.54) is 64.2 Å². The molecular weight excluding hydrogens is 278 g/mol. The molecule has 0 rings (SSSR count). The number of rotatable bonds is 16. The average molecular weight is 315 g/mol. The molecule has 4 nitrogen and oxygen atoms in total. The largest absolute Gasteiger partial charge is 0.389 e. The average Bonchev–Trinajstić information content (AvgIpc) is 2.52. The highest BCUT2D eigenvalue weighted by Crippen LogP contribution is 2.23. The number of hydrogen-bond donors (Lipinski definition) is 1. The van der Waals surface area contributed by atoms with Crippen molar-refractivity contribution in [2.75, 3.05) is 6.61 Å². The molecule has 1 atom stereocenters. The van der Waals surface area contributed by atoms with Crippen LogP contribution in [-0.4, -0.2) is 22.2 Å². The van der Waals surface area contributed by atoms with E-state index in [1.54, 1.807) is 6.92 Å². The molecule has 0 aromatic carbocycles. The van der Waals surface area contributed by atoms with E-state index in [0.29, 0.717) is 12.8 Å². The van der Waals surface area contributed by atoms with Crippen molar-refractivity contribution in [1.29, 1.82) is 0 Å². The van der Waals surface area contributed by atoms with Crippen LogP contribution in [-0.2, 0) is 0 Å². The number of aliphatic hydroxyl groups excluding tert-OH is 1. The van der Waals surface area contributed by atoms with E-state index >= 15 is 0 Å². The van der Waals surface area contributed by atoms with Crippen molar-refractivity contribution in [2.24, 2.45) is 0 Å². The summed E-state index contributed by atoms with van der Waals surface area (Å²) in [7, 11) is 0. The van der Waals surface area contributed by atoms with Crippen molar-refractivity contribution in [3.8, 4) is 0 Å². The van der Waals surface area contributed by atoms with Gasteiger partial charge in [0.15, 0.2) is 0 Å². The predicted octanol–water partition coefficient (Wildman–Crippen LogP) is 5.50. The maximum atomic E-state index is 11.1. The predicted molar refractivity (Wildman–Crippen MR) is 92.8 cm³/mol. The van der Waals surface area contributed by atoms with Gasteiger partial charge in [-0.2, -0.15) is 0 Å². The molecule has 0 aliphatic heterocycles. The topological polar surface area (TPSA) is 63.4 Å². The Hall–Kier alpha value is -0.640. The standard InChI is InChI=1S/C18H37NO3/c1-3-5-6-7-8-9-10-11-12-13-14-15-16-18(4-2,17-20)19(21)22/h20H,3-17H2,1-2H3. The Morgan fingerprint density at radius 3 is 1.55 bits per heavy atom. The van der Waals surface area contributed by atoms with Crippen LogP contribution in [0.5, 0.6) is 0 Å². The van der Waals surface area contributed by atoms with Crippen molar-refractivity contribution in [1.82, 2.24) is 0 Å². The minimum atomic E-state index is -1.10. The van der Waals surface area contributed by atoms with Crippen LogP contribution in [0.15, 0.2) is 0 Å². The van der Waals surface area contributed by atoms with Crippen molar-refractivity contribution in [3.05, 3.63) is 10.1 Å². The molecule has 0 amide bonds. The molecule has 4 heteroatoms. The lowest BCUT2D eigenvalue weighted by atomic mass is 9.90. The number of hydrogen-bond acceptors (Lipinski definition) is 3. The third-order valence-electron chi connectivity index (χ3n) is 4.84. The van der Waals surface area contributed by atoms with Crippen LogP contribution >= 0.6 is 0 Å². The SMILES string of the molecule is CCCCCCCCCCCCCCC(CC)(CO)[N+](=O)[O-]. The fourth-order valence-electron chi connectivity index (χ4n) is 2.94. The Morgan fingerprint density at radius 1 is 0.818 bits per heavy atom. The minimum absolute atomic E-state index is 0.286. The minimum Gasteiger partial charge on any atom is -0.389 e. The summed E-state index contributed by atoms with van der Waals surface area (Å²) in [5.41, 5.74) is -1.10. The van der Waals surface area contributed by atoms with Gasteiger partial charge >= 0.3 is 0 Å². The Bertz CT molecular complexity index is 265. The van der Waals surface area contributed by atoms with Gasteiger partial charge in [-0.1, -0.05) is 84.5 Å². The first-order valence-corrected chi connectivity index (χ1v) is 9.38. The Kier molecular flexibility index (Phi) is 13.6. The third-order valence-corrected chi connectivity index (χ3v) is 4.84. The molecule has 0 aromatic rings. The first-order valence-electron chi connectivity index (χ1n) is 9.38. The smallest absolute Gasteiger partial charge is 0.244 e. The number of aliphatic hydroxyl groups is 1. The van der Waals surface area contributed by atoms with Gasteiger partial charge in [-0.15, -0.1) is 0 Å². The summed E-state index contributed by atoms with van der Waals surface area (Å²) in [6.45, 7) is 3.70. The van der Waals surface area contributed by atoms with Crippen LogP contribution in [0, 0.1) is 10.1 Å². The van der Waals surface area contributed by atoms with Gasteiger partial charge in [-0.25, -0.2) is 0 Å². The maximum Gasteiger partial charge on any atom is 0.244 e. The third kappa shape index (κ3) is 9.39. The second-order valence-electron chi connectivity index (χ2n) is 6.63. The molecule has 0 radical (unpaired) electrons. The molecule has 0 fully saturated rings. The summed E-state index contributed by atoms with van der Waals surface area (Å²) in [5, 5.41) is 20.3. The second kappa shape index (κ2) is 14.0. The zero-order valence-corrected chi connectivity index (χ0v) is 14.8. The van der Waals surface area contributed by atoms with E-state index in [0.717, 1.165) is 12.8 Å². The van der Waals surface area contributed by atoms with E-state index < -0.39 is 5.54 Å². The summed E-state index contributed by atoms with van der Waals surface area (Å²) in [4.78, 5) is 10.8. The Labute approximate surface area is 136 Å². The zero-order valence-electron chi connectivity index (χ0n) is 14.8. The van der Waals surface area contributed by atoms with Crippen molar-refractivity contribution in [3.63, 3.8) is 0 Å². The highest BCUT2D eigenvalue weighted by Gasteiger charge is 2.39. The van der Waals surface area contributed by atoms with Gasteiger partial charge in [0.05, 0.1) is 0 Å². The van der Waals surface area contributed by atoms with Gasteiger partial charge in [0.25, 0.3) is 0 Å². The van der Waals surface area contributed by atoms with Crippen molar-refractivity contribution < 1.29 is 10.0 Å². The molecular formula is C18H37NO3. The summed E-state index contributed by atoms with van der Waals surface area (Å²) in [6.07, 6.45) is 16.0. The number of nitro groups is 1. The summed E-state index contributed by atoms with van der Waals surface area (Å²) in [5.74, 6) is 0. The Morgan fingerprint density at radius 2 is 1.23 bits per heavy atom. The van der Waals surface area contributed by atoms with Crippen LogP contribution in [0.25, 0.3) is 0 Å². The molecule has 0 aliphatic rings. The number of unbranched alkanes of at least 4 members (excludes halogenated alkanes) is 11. The molecule has 1 N–H and O–H groups in total. The number of nitrogens with zero attached hydrogens (tertiary/aromatic N) is 1. The van der Waals surface area contributed by atoms with E-state index in [2.05, 4.69) is 6.92 Å². The summed E-state index contributed by atoms with van der Waals surface area (Å²) in [6, 6.07) is 0. The second-order valence-corrected chi connectivity index (χ2v) is 6.63. The van der Waals surface area contributed by atoms with Crippen molar-refractivity contribution in [2.45, 2.75) is 109 Å². The highest BCUT2D eigenvalue weighted by atomic mass is 16.6. The van der Waals surface area contributed by atoms with Crippen LogP contribution in [0.1, 0.15) is 104 Å². The van der Waals surface area contributed by atoms with Crippen LogP contribution < -0.4 is 0 Å². The zero-order chi connectivity index (χ0) is 16.7. The molecule has 0 aromatic heterocycles. The summed E-state index contributed by atoms with van der Waals surface area (Å²) >= 11 is 0. The maximum absolute atomic E-state index is 11.1. The van der Waals surface area contributed by atoms with E-state index in [9.17, 15) is 15.2 Å². The summed E-state index contributed by atoms with van der Waals surface area (Å²) < 4.78 is 0. The molecule has 0 spiro atoms. The van der Waals surface area contributed by atoms with Crippen LogP contribution in [0.2, 0.25) is 0 Å². The first-order chi connectivity index (χ1) is 10.6. The van der Waals surface area contributed by atoms with Crippen molar-refractivity contribution >= 4 is 0 Å². The van der Waals surface area contributed by atoms with Gasteiger partial charge < -0.3 is 5.11 Å². The normalized spacial score (nSPS) is 14.0. The van der Waals surface area contributed by atoms with E-state index in [4.69, 9.17) is 0 Å². The highest BCUT2D eigenvalue weighted by molar-refractivity contribution is 4.76. The Balaban J connectivity index is 3.44. The van der Waals surface area contributed by atoms with Crippen LogP contribution in [0.4, 0.5) is 0 Å².